The highest BCUT2D eigenvalue weighted by Gasteiger charge is 2.60. The van der Waals surface area contributed by atoms with Gasteiger partial charge in [0.05, 0.1) is 11.1 Å². The first-order valence-electron chi connectivity index (χ1n) is 9.42. The number of benzene rings is 1. The van der Waals surface area contributed by atoms with Crippen molar-refractivity contribution in [3.63, 3.8) is 0 Å². The molecule has 3 saturated heterocycles. The molecule has 3 heterocycles. The summed E-state index contributed by atoms with van der Waals surface area (Å²) in [5.41, 5.74) is -0.161. The summed E-state index contributed by atoms with van der Waals surface area (Å²) in [5, 5.41) is 9.26. The quantitative estimate of drug-likeness (QED) is 0.747. The van der Waals surface area contributed by atoms with Crippen molar-refractivity contribution in [3.8, 4) is 0 Å². The van der Waals surface area contributed by atoms with Crippen molar-refractivity contribution in [1.29, 1.82) is 0 Å². The van der Waals surface area contributed by atoms with Crippen molar-refractivity contribution in [2.75, 3.05) is 6.61 Å². The Morgan fingerprint density at radius 1 is 0.931 bits per heavy atom. The molecule has 1 aromatic rings. The lowest BCUT2D eigenvalue weighted by molar-refractivity contribution is -0.240. The Hall–Kier alpha value is -2.04. The van der Waals surface area contributed by atoms with Gasteiger partial charge in [0.25, 0.3) is 0 Å². The van der Waals surface area contributed by atoms with Gasteiger partial charge in [0.1, 0.15) is 31.0 Å². The molecule has 0 aliphatic carbocycles. The molecule has 9 heteroatoms. The third-order valence-corrected chi connectivity index (χ3v) is 5.01. The minimum absolute atomic E-state index is 0.0317. The summed E-state index contributed by atoms with van der Waals surface area (Å²) in [6, 6.07) is 5.86. The van der Waals surface area contributed by atoms with Crippen molar-refractivity contribution in [1.82, 2.24) is 0 Å². The van der Waals surface area contributed by atoms with Crippen LogP contribution in [0.2, 0.25) is 0 Å². The molecule has 5 atom stereocenters. The summed E-state index contributed by atoms with van der Waals surface area (Å²) in [4.78, 5) is 23.8. The number of fused-ring (bicyclic) bond motifs is 3. The number of rotatable bonds is 4. The number of aromatic carboxylic acids is 1. The number of carbonyl (C=O) groups excluding carboxylic acids is 1. The molecule has 0 saturated carbocycles. The Morgan fingerprint density at radius 3 is 2.21 bits per heavy atom. The Kier molecular flexibility index (Phi) is 4.91. The van der Waals surface area contributed by atoms with Gasteiger partial charge in [0.2, 0.25) is 0 Å². The maximum Gasteiger partial charge on any atom is 0.339 e. The number of esters is 1. The molecule has 1 N–H and O–H groups in total. The second kappa shape index (κ2) is 7.03. The van der Waals surface area contributed by atoms with Crippen LogP contribution in [-0.4, -0.2) is 65.9 Å². The van der Waals surface area contributed by atoms with E-state index in [0.717, 1.165) is 0 Å². The number of hydrogen-bond donors (Lipinski definition) is 1. The van der Waals surface area contributed by atoms with E-state index in [1.54, 1.807) is 39.8 Å². The van der Waals surface area contributed by atoms with E-state index in [0.29, 0.717) is 0 Å². The van der Waals surface area contributed by atoms with Crippen LogP contribution >= 0.6 is 0 Å². The van der Waals surface area contributed by atoms with Crippen molar-refractivity contribution < 1.29 is 43.1 Å². The first-order chi connectivity index (χ1) is 13.6. The van der Waals surface area contributed by atoms with Crippen molar-refractivity contribution in [2.24, 2.45) is 0 Å². The van der Waals surface area contributed by atoms with Crippen LogP contribution < -0.4 is 0 Å². The fraction of sp³-hybridized carbons (Fsp3) is 0.600. The lowest BCUT2D eigenvalue weighted by Gasteiger charge is -2.36. The fourth-order valence-corrected chi connectivity index (χ4v) is 3.91. The first-order valence-corrected chi connectivity index (χ1v) is 9.42. The predicted molar refractivity (Wildman–Crippen MR) is 96.2 cm³/mol. The highest BCUT2D eigenvalue weighted by molar-refractivity contribution is 6.02. The van der Waals surface area contributed by atoms with Gasteiger partial charge in [-0.05, 0) is 39.8 Å². The van der Waals surface area contributed by atoms with Gasteiger partial charge in [0, 0.05) is 0 Å². The van der Waals surface area contributed by atoms with E-state index < -0.39 is 54.2 Å². The molecule has 29 heavy (non-hydrogen) atoms. The monoisotopic (exact) mass is 408 g/mol. The van der Waals surface area contributed by atoms with Crippen LogP contribution in [0.3, 0.4) is 0 Å². The van der Waals surface area contributed by atoms with Gasteiger partial charge in [-0.1, -0.05) is 12.1 Å². The maximum atomic E-state index is 12.5. The average Bonchev–Trinajstić information content (AvgIpc) is 3.13. The SMILES string of the molecule is CC1(C)O[C@H]2[C@@H](O1)[C@@H](COC(=O)c1ccccc1C(=O)O)O[C@@H]1OC(C)(C)O[C@@H]12. The second-order valence-corrected chi connectivity index (χ2v) is 8.16. The zero-order valence-corrected chi connectivity index (χ0v) is 16.6. The molecule has 4 rings (SSSR count). The van der Waals surface area contributed by atoms with Gasteiger partial charge in [-0.25, -0.2) is 9.59 Å². The van der Waals surface area contributed by atoms with Gasteiger partial charge in [0.15, 0.2) is 17.9 Å². The van der Waals surface area contributed by atoms with Crippen LogP contribution in [0, 0.1) is 0 Å². The molecule has 0 radical (unpaired) electrons. The first kappa shape index (κ1) is 20.2. The molecule has 0 bridgehead atoms. The van der Waals surface area contributed by atoms with E-state index >= 15 is 0 Å². The van der Waals surface area contributed by atoms with Crippen molar-refractivity contribution in [2.45, 2.75) is 70.0 Å². The highest BCUT2D eigenvalue weighted by atomic mass is 16.9. The second-order valence-electron chi connectivity index (χ2n) is 8.16. The van der Waals surface area contributed by atoms with Crippen LogP contribution in [0.15, 0.2) is 24.3 Å². The minimum atomic E-state index is -1.21. The van der Waals surface area contributed by atoms with Crippen LogP contribution in [0.1, 0.15) is 48.4 Å². The number of carbonyl (C=O) groups is 2. The summed E-state index contributed by atoms with van der Waals surface area (Å²) in [7, 11) is 0. The fourth-order valence-electron chi connectivity index (χ4n) is 3.91. The number of ether oxygens (including phenoxy) is 6. The molecule has 1 aromatic carbocycles. The lowest BCUT2D eigenvalue weighted by Crippen LogP contribution is -2.56. The standard InChI is InChI=1S/C20H24O9/c1-19(2)26-13-12(25-18-15(14(13)27-19)28-20(3,4)29-18)9-24-17(23)11-8-6-5-7-10(11)16(21)22/h5-8,12-15,18H,9H2,1-4H3,(H,21,22)/t12-,13+,14+,15-,18-/m1/s1. The van der Waals surface area contributed by atoms with Gasteiger partial charge in [-0.15, -0.1) is 0 Å². The largest absolute Gasteiger partial charge is 0.478 e. The number of hydrogen-bond acceptors (Lipinski definition) is 8. The topological polar surface area (TPSA) is 110 Å². The molecule has 0 aromatic heterocycles. The Balaban J connectivity index is 1.50. The zero-order chi connectivity index (χ0) is 21.0. The highest BCUT2D eigenvalue weighted by Crippen LogP contribution is 2.44. The van der Waals surface area contributed by atoms with Gasteiger partial charge < -0.3 is 33.5 Å². The lowest BCUT2D eigenvalue weighted by atomic mass is 9.99. The molecular formula is C20H24O9. The summed E-state index contributed by atoms with van der Waals surface area (Å²) >= 11 is 0. The van der Waals surface area contributed by atoms with E-state index in [9.17, 15) is 14.7 Å². The van der Waals surface area contributed by atoms with Crippen LogP contribution in [-0.2, 0) is 28.4 Å². The van der Waals surface area contributed by atoms with Crippen molar-refractivity contribution in [3.05, 3.63) is 35.4 Å². The molecule has 0 spiro atoms. The van der Waals surface area contributed by atoms with Crippen LogP contribution in [0.25, 0.3) is 0 Å². The minimum Gasteiger partial charge on any atom is -0.478 e. The van der Waals surface area contributed by atoms with Crippen LogP contribution in [0.4, 0.5) is 0 Å². The number of carboxylic acid groups (broad SMARTS) is 1. The summed E-state index contributed by atoms with van der Waals surface area (Å²) in [5.74, 6) is -3.67. The molecule has 9 nitrogen and oxygen atoms in total. The third-order valence-electron chi connectivity index (χ3n) is 5.01. The molecular weight excluding hydrogens is 384 g/mol. The van der Waals surface area contributed by atoms with Gasteiger partial charge in [-0.3, -0.25) is 0 Å². The third kappa shape index (κ3) is 3.88. The van der Waals surface area contributed by atoms with E-state index in [-0.39, 0.29) is 17.7 Å². The van der Waals surface area contributed by atoms with E-state index in [2.05, 4.69) is 0 Å². The normalized spacial score (nSPS) is 34.3. The summed E-state index contributed by atoms with van der Waals surface area (Å²) < 4.78 is 35.1. The van der Waals surface area contributed by atoms with E-state index in [1.807, 2.05) is 0 Å². The molecule has 3 fully saturated rings. The van der Waals surface area contributed by atoms with Gasteiger partial charge >= 0.3 is 11.9 Å². The average molecular weight is 408 g/mol. The summed E-state index contributed by atoms with van der Waals surface area (Å²) in [6.07, 6.45) is -2.83. The summed E-state index contributed by atoms with van der Waals surface area (Å²) in [6.45, 7) is 6.98. The predicted octanol–water partition coefficient (Wildman–Crippen LogP) is 1.94. The molecule has 3 aliphatic rings. The molecule has 0 amide bonds. The molecule has 3 aliphatic heterocycles. The van der Waals surface area contributed by atoms with Crippen LogP contribution in [0.5, 0.6) is 0 Å². The Morgan fingerprint density at radius 2 is 1.52 bits per heavy atom. The Bertz CT molecular complexity index is 818. The maximum absolute atomic E-state index is 12.5. The molecule has 158 valence electrons. The van der Waals surface area contributed by atoms with E-state index in [1.165, 1.54) is 12.1 Å². The van der Waals surface area contributed by atoms with Gasteiger partial charge in [-0.2, -0.15) is 0 Å². The Labute approximate surface area is 167 Å². The molecule has 0 unspecified atom stereocenters. The van der Waals surface area contributed by atoms with E-state index in [4.69, 9.17) is 28.4 Å². The number of carboxylic acids is 1. The van der Waals surface area contributed by atoms with Crippen molar-refractivity contribution >= 4 is 11.9 Å². The smallest absolute Gasteiger partial charge is 0.339 e. The zero-order valence-electron chi connectivity index (χ0n) is 16.6.